The molecule has 0 atom stereocenters. The number of aromatic nitrogens is 2. The van der Waals surface area contributed by atoms with E-state index in [1.165, 1.54) is 0 Å². The van der Waals surface area contributed by atoms with Crippen LogP contribution in [0, 0.1) is 6.92 Å². The first-order valence-electron chi connectivity index (χ1n) is 2.36. The molecular weight excluding hydrogens is 124 g/mol. The highest BCUT2D eigenvalue weighted by molar-refractivity contribution is 6.30. The third kappa shape index (κ3) is 0.842. The third-order valence-electron chi connectivity index (χ3n) is 0.951. The van der Waals surface area contributed by atoms with Gasteiger partial charge in [-0.2, -0.15) is 5.10 Å². The van der Waals surface area contributed by atoms with Gasteiger partial charge in [0.15, 0.2) is 5.15 Å². The standard InChI is InChI=1S/C5H7ClN2/c1-4-3-8(2)7-5(4)6/h3H,1-2H3. The maximum Gasteiger partial charge on any atom is 0.153 e. The minimum absolute atomic E-state index is 0.590. The molecule has 1 heterocycles. The minimum Gasteiger partial charge on any atom is -0.274 e. The maximum absolute atomic E-state index is 5.60. The van der Waals surface area contributed by atoms with Gasteiger partial charge in [0.2, 0.25) is 0 Å². The predicted octanol–water partition coefficient (Wildman–Crippen LogP) is 1.38. The number of halogens is 1. The van der Waals surface area contributed by atoms with E-state index in [2.05, 4.69) is 5.10 Å². The van der Waals surface area contributed by atoms with E-state index in [-0.39, 0.29) is 0 Å². The van der Waals surface area contributed by atoms with E-state index in [1.807, 2.05) is 20.2 Å². The van der Waals surface area contributed by atoms with E-state index >= 15 is 0 Å². The van der Waals surface area contributed by atoms with Crippen molar-refractivity contribution >= 4 is 11.6 Å². The fourth-order valence-electron chi connectivity index (χ4n) is 0.580. The van der Waals surface area contributed by atoms with Crippen molar-refractivity contribution in [3.05, 3.63) is 16.9 Å². The van der Waals surface area contributed by atoms with E-state index in [0.29, 0.717) is 5.15 Å². The summed E-state index contributed by atoms with van der Waals surface area (Å²) in [6.45, 7) is 1.93. The van der Waals surface area contributed by atoms with Crippen molar-refractivity contribution in [1.29, 1.82) is 0 Å². The molecule has 0 bridgehead atoms. The summed E-state index contributed by atoms with van der Waals surface area (Å²) in [6, 6.07) is 0. The topological polar surface area (TPSA) is 17.8 Å². The van der Waals surface area contributed by atoms with Crippen molar-refractivity contribution in [3.63, 3.8) is 0 Å². The number of hydrogen-bond donors (Lipinski definition) is 0. The van der Waals surface area contributed by atoms with Gasteiger partial charge in [0.1, 0.15) is 0 Å². The molecule has 0 spiro atoms. The van der Waals surface area contributed by atoms with Crippen LogP contribution in [-0.2, 0) is 7.05 Å². The van der Waals surface area contributed by atoms with Crippen LogP contribution < -0.4 is 0 Å². The molecule has 0 aliphatic carbocycles. The van der Waals surface area contributed by atoms with Gasteiger partial charge in [-0.05, 0) is 6.92 Å². The Morgan fingerprint density at radius 3 is 2.50 bits per heavy atom. The van der Waals surface area contributed by atoms with Crippen LogP contribution in [0.5, 0.6) is 0 Å². The largest absolute Gasteiger partial charge is 0.274 e. The maximum atomic E-state index is 5.60. The normalized spacial score (nSPS) is 9.88. The molecule has 0 amide bonds. The minimum atomic E-state index is 0.590. The lowest BCUT2D eigenvalue weighted by Gasteiger charge is -1.78. The molecule has 0 aromatic carbocycles. The predicted molar refractivity (Wildman–Crippen MR) is 33.0 cm³/mol. The summed E-state index contributed by atoms with van der Waals surface area (Å²) in [4.78, 5) is 0. The van der Waals surface area contributed by atoms with E-state index in [1.54, 1.807) is 4.68 Å². The Balaban J connectivity index is 3.14. The molecular formula is C5H7ClN2. The second-order valence-electron chi connectivity index (χ2n) is 1.78. The molecule has 0 saturated heterocycles. The Labute approximate surface area is 53.1 Å². The van der Waals surface area contributed by atoms with Crippen LogP contribution >= 0.6 is 11.6 Å². The summed E-state index contributed by atoms with van der Waals surface area (Å²) in [5.74, 6) is 0. The molecule has 0 aliphatic heterocycles. The van der Waals surface area contributed by atoms with E-state index in [9.17, 15) is 0 Å². The molecule has 0 unspecified atom stereocenters. The lowest BCUT2D eigenvalue weighted by molar-refractivity contribution is 0.768. The van der Waals surface area contributed by atoms with Gasteiger partial charge in [0.25, 0.3) is 0 Å². The van der Waals surface area contributed by atoms with Gasteiger partial charge >= 0.3 is 0 Å². The smallest absolute Gasteiger partial charge is 0.153 e. The first-order chi connectivity index (χ1) is 3.70. The number of aryl methyl sites for hydroxylation is 2. The molecule has 1 aromatic heterocycles. The number of hydrogen-bond acceptors (Lipinski definition) is 1. The van der Waals surface area contributed by atoms with Crippen LogP contribution in [0.3, 0.4) is 0 Å². The molecule has 0 saturated carbocycles. The average Bonchev–Trinajstić information content (AvgIpc) is 1.85. The second-order valence-corrected chi connectivity index (χ2v) is 2.13. The molecule has 8 heavy (non-hydrogen) atoms. The first kappa shape index (κ1) is 5.63. The van der Waals surface area contributed by atoms with Crippen LogP contribution in [0.2, 0.25) is 5.15 Å². The highest BCUT2D eigenvalue weighted by atomic mass is 35.5. The molecule has 1 rings (SSSR count). The quantitative estimate of drug-likeness (QED) is 0.519. The molecule has 0 N–H and O–H groups in total. The molecule has 44 valence electrons. The summed E-state index contributed by atoms with van der Waals surface area (Å²) in [5.41, 5.74) is 1.02. The number of rotatable bonds is 0. The molecule has 1 aromatic rings. The molecule has 0 aliphatic rings. The SMILES string of the molecule is Cc1cn(C)nc1Cl. The van der Waals surface area contributed by atoms with Gasteiger partial charge in [-0.15, -0.1) is 0 Å². The molecule has 3 heteroatoms. The van der Waals surface area contributed by atoms with Crippen molar-refractivity contribution < 1.29 is 0 Å². The van der Waals surface area contributed by atoms with E-state index in [4.69, 9.17) is 11.6 Å². The zero-order valence-corrected chi connectivity index (χ0v) is 5.61. The van der Waals surface area contributed by atoms with Gasteiger partial charge in [-0.1, -0.05) is 11.6 Å². The Morgan fingerprint density at radius 2 is 2.38 bits per heavy atom. The lowest BCUT2D eigenvalue weighted by Crippen LogP contribution is -1.84. The van der Waals surface area contributed by atoms with Gasteiger partial charge < -0.3 is 0 Å². The van der Waals surface area contributed by atoms with Gasteiger partial charge in [0, 0.05) is 18.8 Å². The Bertz CT molecular complexity index is 173. The summed E-state index contributed by atoms with van der Waals surface area (Å²) in [5, 5.41) is 4.48. The van der Waals surface area contributed by atoms with Crippen LogP contribution in [0.15, 0.2) is 6.20 Å². The van der Waals surface area contributed by atoms with Gasteiger partial charge in [-0.25, -0.2) is 0 Å². The van der Waals surface area contributed by atoms with E-state index < -0.39 is 0 Å². The monoisotopic (exact) mass is 130 g/mol. The molecule has 0 radical (unpaired) electrons. The highest BCUT2D eigenvalue weighted by Gasteiger charge is 1.95. The van der Waals surface area contributed by atoms with Crippen LogP contribution in [-0.4, -0.2) is 9.78 Å². The second kappa shape index (κ2) is 1.78. The Kier molecular flexibility index (Phi) is 1.26. The van der Waals surface area contributed by atoms with Crippen LogP contribution in [0.1, 0.15) is 5.56 Å². The third-order valence-corrected chi connectivity index (χ3v) is 1.33. The van der Waals surface area contributed by atoms with Gasteiger partial charge in [-0.3, -0.25) is 4.68 Å². The summed E-state index contributed by atoms with van der Waals surface area (Å²) in [7, 11) is 1.85. The van der Waals surface area contributed by atoms with Crippen molar-refractivity contribution in [2.45, 2.75) is 6.92 Å². The number of nitrogens with zero attached hydrogens (tertiary/aromatic N) is 2. The molecule has 2 nitrogen and oxygen atoms in total. The molecule has 0 fully saturated rings. The van der Waals surface area contributed by atoms with Crippen molar-refractivity contribution in [2.24, 2.45) is 7.05 Å². The van der Waals surface area contributed by atoms with E-state index in [0.717, 1.165) is 5.56 Å². The van der Waals surface area contributed by atoms with Crippen molar-refractivity contribution in [2.75, 3.05) is 0 Å². The zero-order chi connectivity index (χ0) is 6.15. The van der Waals surface area contributed by atoms with Crippen LogP contribution in [0.4, 0.5) is 0 Å². The zero-order valence-electron chi connectivity index (χ0n) is 4.85. The van der Waals surface area contributed by atoms with Gasteiger partial charge in [0.05, 0.1) is 0 Å². The fourth-order valence-corrected chi connectivity index (χ4v) is 0.748. The Hall–Kier alpha value is -0.500. The lowest BCUT2D eigenvalue weighted by atomic mass is 10.4. The Morgan fingerprint density at radius 1 is 1.75 bits per heavy atom. The average molecular weight is 131 g/mol. The summed E-state index contributed by atoms with van der Waals surface area (Å²) in [6.07, 6.45) is 1.88. The van der Waals surface area contributed by atoms with Crippen molar-refractivity contribution in [1.82, 2.24) is 9.78 Å². The highest BCUT2D eigenvalue weighted by Crippen LogP contribution is 2.09. The fraction of sp³-hybridized carbons (Fsp3) is 0.400. The van der Waals surface area contributed by atoms with Crippen molar-refractivity contribution in [3.8, 4) is 0 Å². The van der Waals surface area contributed by atoms with Crippen LogP contribution in [0.25, 0.3) is 0 Å². The summed E-state index contributed by atoms with van der Waals surface area (Å²) >= 11 is 5.60. The summed E-state index contributed by atoms with van der Waals surface area (Å²) < 4.78 is 1.69. The first-order valence-corrected chi connectivity index (χ1v) is 2.73.